The number of aliphatic carboxylic acids is 1. The number of carboxylic acids is 1. The van der Waals surface area contributed by atoms with Crippen molar-refractivity contribution in [3.05, 3.63) is 35.4 Å². The normalized spacial score (nSPS) is 12.6. The van der Waals surface area contributed by atoms with Gasteiger partial charge in [0.05, 0.1) is 11.5 Å². The van der Waals surface area contributed by atoms with Crippen molar-refractivity contribution in [2.75, 3.05) is 6.54 Å². The minimum absolute atomic E-state index is 0.0336. The zero-order chi connectivity index (χ0) is 16.0. The summed E-state index contributed by atoms with van der Waals surface area (Å²) < 4.78 is 37.0. The van der Waals surface area contributed by atoms with Crippen LogP contribution in [-0.4, -0.2) is 23.7 Å². The summed E-state index contributed by atoms with van der Waals surface area (Å²) in [5.74, 6) is -1.75. The van der Waals surface area contributed by atoms with E-state index in [1.165, 1.54) is 19.1 Å². The summed E-state index contributed by atoms with van der Waals surface area (Å²) in [5, 5.41) is 13.4. The zero-order valence-electron chi connectivity index (χ0n) is 11.2. The number of hydrogen-bond donors (Lipinski definition) is 3. The fourth-order valence-electron chi connectivity index (χ4n) is 1.39. The van der Waals surface area contributed by atoms with Crippen LogP contribution < -0.4 is 10.6 Å². The number of nitrogens with one attached hydrogen (secondary N) is 2. The lowest BCUT2D eigenvalue weighted by molar-refractivity contribution is -0.141. The van der Waals surface area contributed by atoms with Gasteiger partial charge in [0.15, 0.2) is 0 Å². The second-order valence-corrected chi connectivity index (χ2v) is 4.50. The molecule has 1 atom stereocenters. The van der Waals surface area contributed by atoms with Crippen LogP contribution in [-0.2, 0) is 17.5 Å². The van der Waals surface area contributed by atoms with E-state index in [1.54, 1.807) is 0 Å². The first kappa shape index (κ1) is 16.8. The number of urea groups is 1. The summed E-state index contributed by atoms with van der Waals surface area (Å²) >= 11 is 0. The van der Waals surface area contributed by atoms with Crippen LogP contribution in [0.5, 0.6) is 0 Å². The molecule has 21 heavy (non-hydrogen) atoms. The quantitative estimate of drug-likeness (QED) is 0.780. The molecule has 1 unspecified atom stereocenters. The predicted molar refractivity (Wildman–Crippen MR) is 68.5 cm³/mol. The Hall–Kier alpha value is -2.25. The van der Waals surface area contributed by atoms with Gasteiger partial charge in [-0.05, 0) is 17.7 Å². The second kappa shape index (κ2) is 6.96. The van der Waals surface area contributed by atoms with Gasteiger partial charge in [-0.15, -0.1) is 0 Å². The zero-order valence-corrected chi connectivity index (χ0v) is 11.2. The molecular formula is C13H15F3N2O3. The third kappa shape index (κ3) is 5.72. The fourth-order valence-corrected chi connectivity index (χ4v) is 1.39. The largest absolute Gasteiger partial charge is 0.481 e. The molecule has 116 valence electrons. The molecule has 0 aliphatic carbocycles. The Morgan fingerprint density at radius 1 is 1.19 bits per heavy atom. The van der Waals surface area contributed by atoms with Crippen molar-refractivity contribution in [3.63, 3.8) is 0 Å². The van der Waals surface area contributed by atoms with E-state index in [1.807, 2.05) is 0 Å². The number of carbonyl (C=O) groups is 2. The SMILES string of the molecule is CC(CNC(=O)NCc1ccc(C(F)(F)F)cc1)C(=O)O. The van der Waals surface area contributed by atoms with Crippen LogP contribution in [0.1, 0.15) is 18.1 Å². The van der Waals surface area contributed by atoms with E-state index in [0.717, 1.165) is 12.1 Å². The Kier molecular flexibility index (Phi) is 5.57. The van der Waals surface area contributed by atoms with Gasteiger partial charge in [0.25, 0.3) is 0 Å². The van der Waals surface area contributed by atoms with Crippen molar-refractivity contribution >= 4 is 12.0 Å². The summed E-state index contributed by atoms with van der Waals surface area (Å²) in [5.41, 5.74) is -0.254. The Morgan fingerprint density at radius 3 is 2.24 bits per heavy atom. The van der Waals surface area contributed by atoms with Crippen molar-refractivity contribution in [2.24, 2.45) is 5.92 Å². The minimum Gasteiger partial charge on any atom is -0.481 e. The molecule has 0 spiro atoms. The van der Waals surface area contributed by atoms with E-state index in [-0.39, 0.29) is 13.1 Å². The van der Waals surface area contributed by atoms with Gasteiger partial charge in [-0.1, -0.05) is 19.1 Å². The highest BCUT2D eigenvalue weighted by molar-refractivity contribution is 5.75. The number of carboxylic acid groups (broad SMARTS) is 1. The number of halogens is 3. The van der Waals surface area contributed by atoms with Crippen LogP contribution in [0.4, 0.5) is 18.0 Å². The maximum atomic E-state index is 12.3. The lowest BCUT2D eigenvalue weighted by Crippen LogP contribution is -2.38. The fraction of sp³-hybridized carbons (Fsp3) is 0.385. The molecule has 0 aromatic heterocycles. The number of amides is 2. The topological polar surface area (TPSA) is 78.4 Å². The van der Waals surface area contributed by atoms with Gasteiger partial charge in [-0.25, -0.2) is 4.79 Å². The number of hydrogen-bond acceptors (Lipinski definition) is 2. The molecule has 1 aromatic rings. The van der Waals surface area contributed by atoms with E-state index in [2.05, 4.69) is 10.6 Å². The molecule has 1 aromatic carbocycles. The first-order chi connectivity index (χ1) is 9.70. The van der Waals surface area contributed by atoms with Crippen LogP contribution in [0, 0.1) is 5.92 Å². The van der Waals surface area contributed by atoms with Crippen LogP contribution in [0.15, 0.2) is 24.3 Å². The molecule has 1 rings (SSSR count). The average Bonchev–Trinajstić information content (AvgIpc) is 2.41. The van der Waals surface area contributed by atoms with Crippen molar-refractivity contribution in [1.82, 2.24) is 10.6 Å². The van der Waals surface area contributed by atoms with E-state index in [4.69, 9.17) is 5.11 Å². The molecule has 0 aliphatic rings. The number of carbonyl (C=O) groups excluding carboxylic acids is 1. The average molecular weight is 304 g/mol. The Labute approximate surface area is 119 Å². The summed E-state index contributed by atoms with van der Waals surface area (Å²) in [6.07, 6.45) is -4.39. The Balaban J connectivity index is 2.41. The lowest BCUT2D eigenvalue weighted by atomic mass is 10.1. The molecule has 0 heterocycles. The minimum atomic E-state index is -4.39. The summed E-state index contributed by atoms with van der Waals surface area (Å²) in [6, 6.07) is 3.82. The van der Waals surface area contributed by atoms with Crippen molar-refractivity contribution in [3.8, 4) is 0 Å². The molecular weight excluding hydrogens is 289 g/mol. The first-order valence-corrected chi connectivity index (χ1v) is 6.11. The number of rotatable bonds is 5. The third-order valence-corrected chi connectivity index (χ3v) is 2.72. The highest BCUT2D eigenvalue weighted by Crippen LogP contribution is 2.28. The standard InChI is InChI=1S/C13H15F3N2O3/c1-8(11(19)20)6-17-12(21)18-7-9-2-4-10(5-3-9)13(14,15)16/h2-5,8H,6-7H2,1H3,(H,19,20)(H2,17,18,21). The smallest absolute Gasteiger partial charge is 0.416 e. The van der Waals surface area contributed by atoms with E-state index in [9.17, 15) is 22.8 Å². The van der Waals surface area contributed by atoms with E-state index >= 15 is 0 Å². The van der Waals surface area contributed by atoms with Crippen molar-refractivity contribution in [1.29, 1.82) is 0 Å². The van der Waals surface area contributed by atoms with E-state index < -0.39 is 29.7 Å². The van der Waals surface area contributed by atoms with E-state index in [0.29, 0.717) is 5.56 Å². The molecule has 8 heteroatoms. The second-order valence-electron chi connectivity index (χ2n) is 4.50. The molecule has 0 saturated carbocycles. The molecule has 0 bridgehead atoms. The maximum absolute atomic E-state index is 12.3. The van der Waals surface area contributed by atoms with Gasteiger partial charge in [0, 0.05) is 13.1 Å². The van der Waals surface area contributed by atoms with Gasteiger partial charge in [0.1, 0.15) is 0 Å². The highest BCUT2D eigenvalue weighted by Gasteiger charge is 2.29. The van der Waals surface area contributed by atoms with Gasteiger partial charge in [-0.2, -0.15) is 13.2 Å². The van der Waals surface area contributed by atoms with Gasteiger partial charge >= 0.3 is 18.2 Å². The van der Waals surface area contributed by atoms with Crippen molar-refractivity contribution < 1.29 is 27.9 Å². The highest BCUT2D eigenvalue weighted by atomic mass is 19.4. The van der Waals surface area contributed by atoms with Crippen LogP contribution in [0.3, 0.4) is 0 Å². The summed E-state index contributed by atoms with van der Waals surface area (Å²) in [4.78, 5) is 21.9. The Morgan fingerprint density at radius 2 is 1.76 bits per heavy atom. The third-order valence-electron chi connectivity index (χ3n) is 2.72. The monoisotopic (exact) mass is 304 g/mol. The van der Waals surface area contributed by atoms with Gasteiger partial charge in [-0.3, -0.25) is 4.79 Å². The molecule has 0 aliphatic heterocycles. The summed E-state index contributed by atoms with van der Waals surface area (Å²) in [6.45, 7) is 1.46. The molecule has 0 radical (unpaired) electrons. The number of benzene rings is 1. The molecule has 5 nitrogen and oxygen atoms in total. The van der Waals surface area contributed by atoms with Gasteiger partial charge < -0.3 is 15.7 Å². The maximum Gasteiger partial charge on any atom is 0.416 e. The van der Waals surface area contributed by atoms with Crippen LogP contribution >= 0.6 is 0 Å². The molecule has 2 amide bonds. The lowest BCUT2D eigenvalue weighted by Gasteiger charge is -2.11. The first-order valence-electron chi connectivity index (χ1n) is 6.11. The van der Waals surface area contributed by atoms with Gasteiger partial charge in [0.2, 0.25) is 0 Å². The predicted octanol–water partition coefficient (Wildman–Crippen LogP) is 2.23. The summed E-state index contributed by atoms with van der Waals surface area (Å²) in [7, 11) is 0. The Bertz CT molecular complexity index is 500. The number of alkyl halides is 3. The molecule has 3 N–H and O–H groups in total. The van der Waals surface area contributed by atoms with Crippen LogP contribution in [0.25, 0.3) is 0 Å². The molecule has 0 fully saturated rings. The van der Waals surface area contributed by atoms with Crippen molar-refractivity contribution in [2.45, 2.75) is 19.6 Å². The van der Waals surface area contributed by atoms with Crippen LogP contribution in [0.2, 0.25) is 0 Å². The molecule has 0 saturated heterocycles.